The summed E-state index contributed by atoms with van der Waals surface area (Å²) in [6.07, 6.45) is 8.14. The van der Waals surface area contributed by atoms with Gasteiger partial charge in [-0.2, -0.15) is 4.31 Å². The maximum Gasteiger partial charge on any atom is 0.248 e. The van der Waals surface area contributed by atoms with Crippen molar-refractivity contribution < 1.29 is 17.7 Å². The van der Waals surface area contributed by atoms with E-state index in [4.69, 9.17) is 4.52 Å². The first-order valence-electron chi connectivity index (χ1n) is 12.8. The molecule has 2 saturated heterocycles. The van der Waals surface area contributed by atoms with Crippen molar-refractivity contribution in [2.75, 3.05) is 44.2 Å². The number of hydrogen-bond donors (Lipinski definition) is 0. The molecule has 3 aromatic rings. The van der Waals surface area contributed by atoms with E-state index in [1.165, 1.54) is 4.31 Å². The number of piperidine rings is 1. The van der Waals surface area contributed by atoms with Gasteiger partial charge in [0.25, 0.3) is 0 Å². The van der Waals surface area contributed by atoms with Gasteiger partial charge in [0.05, 0.1) is 5.92 Å². The highest BCUT2D eigenvalue weighted by atomic mass is 32.2. The Morgan fingerprint density at radius 3 is 2.42 bits per heavy atom. The molecular formula is C27H32N6O4S. The monoisotopic (exact) mass is 536 g/mol. The topological polar surface area (TPSA) is 113 Å². The summed E-state index contributed by atoms with van der Waals surface area (Å²) < 4.78 is 34.3. The van der Waals surface area contributed by atoms with Crippen LogP contribution >= 0.6 is 0 Å². The van der Waals surface area contributed by atoms with Gasteiger partial charge in [0.1, 0.15) is 5.69 Å². The summed E-state index contributed by atoms with van der Waals surface area (Å²) >= 11 is 0. The Kier molecular flexibility index (Phi) is 7.57. The summed E-state index contributed by atoms with van der Waals surface area (Å²) in [4.78, 5) is 25.9. The first-order valence-corrected chi connectivity index (χ1v) is 14.3. The third-order valence-electron chi connectivity index (χ3n) is 7.10. The Morgan fingerprint density at radius 1 is 1.00 bits per heavy atom. The zero-order chi connectivity index (χ0) is 26.7. The minimum absolute atomic E-state index is 0.0000564. The van der Waals surface area contributed by atoms with Crippen LogP contribution in [0, 0.1) is 19.8 Å². The van der Waals surface area contributed by atoms with Gasteiger partial charge in [0.2, 0.25) is 21.9 Å². The summed E-state index contributed by atoms with van der Waals surface area (Å²) in [5.41, 5.74) is 2.37. The molecule has 2 aromatic heterocycles. The number of aromatic nitrogens is 3. The molecule has 2 aliphatic rings. The molecule has 1 atom stereocenters. The number of hydrogen-bond acceptors (Lipinski definition) is 8. The number of nitrogens with zero attached hydrogens (tertiary/aromatic N) is 6. The number of amides is 1. The number of carbonyl (C=O) groups is 1. The Hall–Kier alpha value is -3.57. The van der Waals surface area contributed by atoms with Gasteiger partial charge < -0.3 is 14.3 Å². The first kappa shape index (κ1) is 26.1. The summed E-state index contributed by atoms with van der Waals surface area (Å²) in [5, 5.41) is 3.94. The minimum atomic E-state index is -3.90. The highest BCUT2D eigenvalue weighted by Crippen LogP contribution is 2.30. The molecule has 0 saturated carbocycles. The molecule has 0 aliphatic carbocycles. The second-order valence-corrected chi connectivity index (χ2v) is 11.6. The van der Waals surface area contributed by atoms with Gasteiger partial charge in [0, 0.05) is 51.7 Å². The molecule has 0 bridgehead atoms. The van der Waals surface area contributed by atoms with Crippen LogP contribution in [0.1, 0.15) is 35.4 Å². The van der Waals surface area contributed by atoms with Gasteiger partial charge in [-0.15, -0.1) is 0 Å². The van der Waals surface area contributed by atoms with Crippen LogP contribution < -0.4 is 4.90 Å². The number of carbonyl (C=O) groups excluding carboxylic acids is 1. The smallest absolute Gasteiger partial charge is 0.248 e. The normalized spacial score (nSPS) is 19.3. The van der Waals surface area contributed by atoms with Gasteiger partial charge in [-0.05, 0) is 44.4 Å². The molecule has 1 aromatic carbocycles. The van der Waals surface area contributed by atoms with E-state index in [9.17, 15) is 13.2 Å². The fourth-order valence-corrected chi connectivity index (χ4v) is 6.75. The molecule has 200 valence electrons. The van der Waals surface area contributed by atoms with E-state index in [-0.39, 0.29) is 29.0 Å². The molecule has 0 spiro atoms. The fourth-order valence-electron chi connectivity index (χ4n) is 4.98. The minimum Gasteiger partial charge on any atom is -0.355 e. The zero-order valence-electron chi connectivity index (χ0n) is 21.7. The summed E-state index contributed by atoms with van der Waals surface area (Å²) in [5.74, 6) is 0.464. The lowest BCUT2D eigenvalue weighted by Crippen LogP contribution is -2.53. The van der Waals surface area contributed by atoms with Crippen LogP contribution in [0.4, 0.5) is 5.95 Å². The predicted octanol–water partition coefficient (Wildman–Crippen LogP) is 3.00. The summed E-state index contributed by atoms with van der Waals surface area (Å²) in [6.45, 7) is 6.53. The maximum atomic E-state index is 13.7. The first-order chi connectivity index (χ1) is 18.3. The second-order valence-electron chi connectivity index (χ2n) is 9.77. The van der Waals surface area contributed by atoms with Crippen LogP contribution in [0.3, 0.4) is 0 Å². The summed E-state index contributed by atoms with van der Waals surface area (Å²) in [7, 11) is -3.90. The molecular weight excluding hydrogens is 504 g/mol. The maximum absolute atomic E-state index is 13.7. The number of anilines is 1. The average Bonchev–Trinajstić information content (AvgIpc) is 3.34. The van der Waals surface area contributed by atoms with Crippen molar-refractivity contribution in [2.45, 2.75) is 31.6 Å². The van der Waals surface area contributed by atoms with Crippen LogP contribution in [0.25, 0.3) is 12.2 Å². The van der Waals surface area contributed by atoms with Gasteiger partial charge in [0.15, 0.2) is 10.7 Å². The lowest BCUT2D eigenvalue weighted by molar-refractivity contribution is -0.137. The lowest BCUT2D eigenvalue weighted by atomic mass is 9.98. The molecule has 1 amide bonds. The number of benzene rings is 1. The van der Waals surface area contributed by atoms with Gasteiger partial charge in [-0.3, -0.25) is 4.79 Å². The molecule has 0 unspecified atom stereocenters. The number of piperazine rings is 1. The van der Waals surface area contributed by atoms with Crippen LogP contribution in [0.15, 0.2) is 52.1 Å². The van der Waals surface area contributed by atoms with Gasteiger partial charge in [-0.25, -0.2) is 18.4 Å². The molecule has 2 aliphatic heterocycles. The van der Waals surface area contributed by atoms with Crippen molar-refractivity contribution in [2.24, 2.45) is 5.92 Å². The van der Waals surface area contributed by atoms with E-state index in [1.807, 2.05) is 36.1 Å². The fraction of sp³-hybridized carbons (Fsp3) is 0.407. The summed E-state index contributed by atoms with van der Waals surface area (Å²) in [6, 6.07) is 9.66. The molecule has 0 radical (unpaired) electrons. The van der Waals surface area contributed by atoms with Crippen molar-refractivity contribution in [3.63, 3.8) is 0 Å². The number of rotatable bonds is 6. The van der Waals surface area contributed by atoms with Crippen molar-refractivity contribution in [1.82, 2.24) is 24.3 Å². The molecule has 5 rings (SSSR count). The highest BCUT2D eigenvalue weighted by molar-refractivity contribution is 7.89. The van der Waals surface area contributed by atoms with Crippen molar-refractivity contribution in [3.8, 4) is 0 Å². The van der Waals surface area contributed by atoms with Crippen LogP contribution in [0.5, 0.6) is 0 Å². The predicted molar refractivity (Wildman–Crippen MR) is 144 cm³/mol. The van der Waals surface area contributed by atoms with Crippen LogP contribution in [-0.2, 0) is 14.8 Å². The number of aryl methyl sites for hydroxylation is 2. The highest BCUT2D eigenvalue weighted by Gasteiger charge is 2.38. The number of sulfonamides is 1. The van der Waals surface area contributed by atoms with Gasteiger partial charge in [-0.1, -0.05) is 41.1 Å². The Labute approximate surface area is 223 Å². The quantitative estimate of drug-likeness (QED) is 0.473. The standard InChI is InChI=1S/C27H32N6O4S/c1-20-6-8-22(9-7-20)10-11-24-25(21(2)30-37-24)38(35,36)33-14-3-5-23(19-33)26(34)31-15-17-32(18-16-31)27-28-12-4-13-29-27/h4,6-13,23H,3,5,14-19H2,1-2H3/b11-10+/t23-/m0/s1. The van der Waals surface area contributed by atoms with E-state index >= 15 is 0 Å². The molecule has 2 fully saturated rings. The van der Waals surface area contributed by atoms with E-state index in [0.29, 0.717) is 57.2 Å². The average molecular weight is 537 g/mol. The molecule has 0 N–H and O–H groups in total. The van der Waals surface area contributed by atoms with E-state index < -0.39 is 10.0 Å². The van der Waals surface area contributed by atoms with Crippen molar-refractivity contribution in [1.29, 1.82) is 0 Å². The van der Waals surface area contributed by atoms with E-state index in [0.717, 1.165) is 11.1 Å². The third-order valence-corrected chi connectivity index (χ3v) is 9.12. The largest absolute Gasteiger partial charge is 0.355 e. The molecule has 4 heterocycles. The van der Waals surface area contributed by atoms with Crippen LogP contribution in [0.2, 0.25) is 0 Å². The Balaban J connectivity index is 1.27. The van der Waals surface area contributed by atoms with E-state index in [1.54, 1.807) is 37.5 Å². The molecule has 11 heteroatoms. The zero-order valence-corrected chi connectivity index (χ0v) is 22.5. The Bertz CT molecular complexity index is 1400. The van der Waals surface area contributed by atoms with Gasteiger partial charge >= 0.3 is 0 Å². The SMILES string of the molecule is Cc1ccc(/C=C/c2onc(C)c2S(=O)(=O)N2CCC[C@H](C(=O)N3CCN(c4ncccn4)CC3)C2)cc1. The van der Waals surface area contributed by atoms with Crippen molar-refractivity contribution in [3.05, 3.63) is 65.3 Å². The second kappa shape index (κ2) is 11.0. The van der Waals surface area contributed by atoms with Crippen molar-refractivity contribution >= 4 is 34.0 Å². The van der Waals surface area contributed by atoms with Crippen LogP contribution in [-0.4, -0.2) is 77.9 Å². The van der Waals surface area contributed by atoms with E-state index in [2.05, 4.69) is 20.0 Å². The lowest BCUT2D eigenvalue weighted by Gasteiger charge is -2.38. The molecule has 38 heavy (non-hydrogen) atoms. The third kappa shape index (κ3) is 5.48. The molecule has 10 nitrogen and oxygen atoms in total. The Morgan fingerprint density at radius 2 is 1.71 bits per heavy atom.